The van der Waals surface area contributed by atoms with Crippen molar-refractivity contribution in [2.75, 3.05) is 5.32 Å². The van der Waals surface area contributed by atoms with Crippen LogP contribution in [-0.2, 0) is 24.1 Å². The molecule has 0 radical (unpaired) electrons. The van der Waals surface area contributed by atoms with Gasteiger partial charge in [-0.1, -0.05) is 6.07 Å². The SMILES string of the molecule is O=C(Cc1c(F)c(F)c(F)c(F)c1F)Nc1nc2c(nc1-c1cccs1)-c1ccc(O)cc1CC2. The van der Waals surface area contributed by atoms with Crippen LogP contribution in [0.5, 0.6) is 5.75 Å². The number of anilines is 1. The molecular weight excluding hydrogens is 489 g/mol. The van der Waals surface area contributed by atoms with E-state index in [1.807, 2.05) is 0 Å². The molecule has 0 saturated heterocycles. The fourth-order valence-corrected chi connectivity index (χ4v) is 4.66. The monoisotopic (exact) mass is 503 g/mol. The number of aromatic hydroxyl groups is 1. The third-order valence-corrected chi connectivity index (χ3v) is 6.47. The van der Waals surface area contributed by atoms with Gasteiger partial charge in [-0.05, 0) is 48.1 Å². The maximum Gasteiger partial charge on any atom is 0.230 e. The first kappa shape index (κ1) is 22.9. The second-order valence-corrected chi connectivity index (χ2v) is 8.76. The van der Waals surface area contributed by atoms with E-state index in [9.17, 15) is 31.9 Å². The Bertz CT molecular complexity index is 1460. The summed E-state index contributed by atoms with van der Waals surface area (Å²) in [7, 11) is 0. The minimum absolute atomic E-state index is 0.00213. The summed E-state index contributed by atoms with van der Waals surface area (Å²) in [5, 5.41) is 14.0. The summed E-state index contributed by atoms with van der Waals surface area (Å²) >= 11 is 1.31. The minimum atomic E-state index is -2.29. The molecule has 4 aromatic rings. The number of fused-ring (bicyclic) bond motifs is 3. The van der Waals surface area contributed by atoms with E-state index in [0.717, 1.165) is 11.1 Å². The van der Waals surface area contributed by atoms with Gasteiger partial charge in [-0.3, -0.25) is 4.79 Å². The zero-order valence-corrected chi connectivity index (χ0v) is 18.4. The molecule has 2 heterocycles. The number of carbonyl (C=O) groups is 1. The molecule has 2 aromatic heterocycles. The zero-order valence-electron chi connectivity index (χ0n) is 17.6. The molecule has 0 unspecified atom stereocenters. The third kappa shape index (κ3) is 4.01. The van der Waals surface area contributed by atoms with Gasteiger partial charge in [0.2, 0.25) is 11.7 Å². The molecule has 11 heteroatoms. The molecule has 5 nitrogen and oxygen atoms in total. The maximum absolute atomic E-state index is 14.1. The Morgan fingerprint density at radius 2 is 1.66 bits per heavy atom. The summed E-state index contributed by atoms with van der Waals surface area (Å²) in [5.41, 5.74) is 1.81. The highest BCUT2D eigenvalue weighted by Crippen LogP contribution is 2.38. The smallest absolute Gasteiger partial charge is 0.230 e. The minimum Gasteiger partial charge on any atom is -0.508 e. The lowest BCUT2D eigenvalue weighted by atomic mass is 9.91. The number of halogens is 5. The zero-order chi connectivity index (χ0) is 24.9. The van der Waals surface area contributed by atoms with Crippen molar-refractivity contribution in [3.8, 4) is 27.6 Å². The fraction of sp³-hybridized carbons (Fsp3) is 0.125. The lowest BCUT2D eigenvalue weighted by Crippen LogP contribution is -2.21. The molecule has 0 spiro atoms. The van der Waals surface area contributed by atoms with Crippen LogP contribution in [0, 0.1) is 29.1 Å². The Hall–Kier alpha value is -3.86. The predicted molar refractivity (Wildman–Crippen MR) is 118 cm³/mol. The summed E-state index contributed by atoms with van der Waals surface area (Å²) in [6.45, 7) is 0. The second-order valence-electron chi connectivity index (χ2n) is 7.81. The van der Waals surface area contributed by atoms with Gasteiger partial charge in [-0.2, -0.15) is 0 Å². The Labute approximate surface area is 198 Å². The Kier molecular flexibility index (Phi) is 5.72. The number of rotatable bonds is 4. The van der Waals surface area contributed by atoms with E-state index in [4.69, 9.17) is 4.98 Å². The molecule has 0 fully saturated rings. The standard InChI is InChI=1S/C24H14F5N3O2S/c25-17-13(18(26)20(28)21(29)19(17)27)9-16(34)31-24-23(15-2-1-7-35-15)32-22-12-5-4-11(33)8-10(12)3-6-14(22)30-24/h1-2,4-5,7-8,33H,3,6,9H2,(H,30,31,34). The largest absolute Gasteiger partial charge is 0.508 e. The summed E-state index contributed by atoms with van der Waals surface area (Å²) in [4.78, 5) is 22.5. The molecule has 35 heavy (non-hydrogen) atoms. The fourth-order valence-electron chi connectivity index (χ4n) is 3.95. The van der Waals surface area contributed by atoms with Crippen LogP contribution in [-0.4, -0.2) is 21.0 Å². The number of carbonyl (C=O) groups excluding carboxylic acids is 1. The van der Waals surface area contributed by atoms with Gasteiger partial charge in [-0.25, -0.2) is 31.9 Å². The third-order valence-electron chi connectivity index (χ3n) is 5.59. The number of benzene rings is 2. The van der Waals surface area contributed by atoms with Gasteiger partial charge in [0, 0.05) is 11.1 Å². The van der Waals surface area contributed by atoms with E-state index < -0.39 is 47.0 Å². The van der Waals surface area contributed by atoms with Crippen molar-refractivity contribution >= 4 is 23.1 Å². The van der Waals surface area contributed by atoms with Gasteiger partial charge in [0.15, 0.2) is 29.1 Å². The molecule has 178 valence electrons. The van der Waals surface area contributed by atoms with Crippen LogP contribution < -0.4 is 5.32 Å². The van der Waals surface area contributed by atoms with Crippen LogP contribution in [0.1, 0.15) is 16.8 Å². The molecule has 5 rings (SSSR count). The number of phenolic OH excluding ortho intramolecular Hbond substituents is 1. The second kappa shape index (κ2) is 8.73. The van der Waals surface area contributed by atoms with Gasteiger partial charge in [0.1, 0.15) is 11.4 Å². The first-order chi connectivity index (χ1) is 16.7. The average Bonchev–Trinajstić information content (AvgIpc) is 3.38. The van der Waals surface area contributed by atoms with E-state index in [-0.39, 0.29) is 17.3 Å². The van der Waals surface area contributed by atoms with Crippen molar-refractivity contribution in [2.45, 2.75) is 19.3 Å². The molecule has 2 N–H and O–H groups in total. The molecule has 1 amide bonds. The van der Waals surface area contributed by atoms with Gasteiger partial charge in [-0.15, -0.1) is 11.3 Å². The van der Waals surface area contributed by atoms with Crippen molar-refractivity contribution in [2.24, 2.45) is 0 Å². The maximum atomic E-state index is 14.1. The Morgan fingerprint density at radius 3 is 2.34 bits per heavy atom. The van der Waals surface area contributed by atoms with E-state index >= 15 is 0 Å². The number of amides is 1. The van der Waals surface area contributed by atoms with E-state index in [1.165, 1.54) is 17.4 Å². The number of nitrogens with one attached hydrogen (secondary N) is 1. The molecule has 0 saturated carbocycles. The van der Waals surface area contributed by atoms with Crippen molar-refractivity contribution in [1.82, 2.24) is 9.97 Å². The molecule has 2 aromatic carbocycles. The molecule has 0 aliphatic heterocycles. The number of thiophene rings is 1. The van der Waals surface area contributed by atoms with Crippen molar-refractivity contribution in [1.29, 1.82) is 0 Å². The topological polar surface area (TPSA) is 75.1 Å². The van der Waals surface area contributed by atoms with Crippen molar-refractivity contribution in [3.05, 3.63) is 81.6 Å². The van der Waals surface area contributed by atoms with Crippen molar-refractivity contribution in [3.63, 3.8) is 0 Å². The summed E-state index contributed by atoms with van der Waals surface area (Å²) in [6, 6.07) is 8.39. The highest BCUT2D eigenvalue weighted by Gasteiger charge is 2.28. The number of aromatic nitrogens is 2. The number of phenols is 1. The van der Waals surface area contributed by atoms with Crippen LogP contribution in [0.25, 0.3) is 21.8 Å². The number of hydrogen-bond donors (Lipinski definition) is 2. The van der Waals surface area contributed by atoms with Crippen LogP contribution in [0.15, 0.2) is 35.7 Å². The highest BCUT2D eigenvalue weighted by atomic mass is 32.1. The summed E-state index contributed by atoms with van der Waals surface area (Å²) in [5.74, 6) is -11.6. The molecule has 0 bridgehead atoms. The first-order valence-electron chi connectivity index (χ1n) is 10.3. The first-order valence-corrected chi connectivity index (χ1v) is 11.2. The van der Waals surface area contributed by atoms with Gasteiger partial charge in [0.25, 0.3) is 0 Å². The van der Waals surface area contributed by atoms with Gasteiger partial charge in [0.05, 0.1) is 22.7 Å². The lowest BCUT2D eigenvalue weighted by molar-refractivity contribution is -0.115. The number of aryl methyl sites for hydroxylation is 2. The Balaban J connectivity index is 1.54. The van der Waals surface area contributed by atoms with Gasteiger partial charge >= 0.3 is 0 Å². The molecule has 1 aliphatic rings. The summed E-state index contributed by atoms with van der Waals surface area (Å²) < 4.78 is 68.5. The van der Waals surface area contributed by atoms with E-state index in [2.05, 4.69) is 10.3 Å². The number of hydrogen-bond acceptors (Lipinski definition) is 5. The molecule has 1 aliphatic carbocycles. The van der Waals surface area contributed by atoms with Gasteiger partial charge < -0.3 is 10.4 Å². The quantitative estimate of drug-likeness (QED) is 0.218. The lowest BCUT2D eigenvalue weighted by Gasteiger charge is -2.21. The van der Waals surface area contributed by atoms with Crippen molar-refractivity contribution < 1.29 is 31.9 Å². The van der Waals surface area contributed by atoms with Crippen LogP contribution in [0.3, 0.4) is 0 Å². The van der Waals surface area contributed by atoms with Crippen LogP contribution >= 0.6 is 11.3 Å². The predicted octanol–water partition coefficient (Wildman–Crippen LogP) is 5.55. The average molecular weight is 503 g/mol. The molecule has 0 atom stereocenters. The van der Waals surface area contributed by atoms with Crippen LogP contribution in [0.2, 0.25) is 0 Å². The normalized spacial score (nSPS) is 12.3. The van der Waals surface area contributed by atoms with E-state index in [0.29, 0.717) is 29.1 Å². The van der Waals surface area contributed by atoms with Crippen LogP contribution in [0.4, 0.5) is 27.8 Å². The Morgan fingerprint density at radius 1 is 0.943 bits per heavy atom. The molecular formula is C24H14F5N3O2S. The van der Waals surface area contributed by atoms with E-state index in [1.54, 1.807) is 29.6 Å². The highest BCUT2D eigenvalue weighted by molar-refractivity contribution is 7.13. The number of nitrogens with zero attached hydrogens (tertiary/aromatic N) is 2. The summed E-state index contributed by atoms with van der Waals surface area (Å²) in [6.07, 6.45) is -0.0950.